The van der Waals surface area contributed by atoms with E-state index in [9.17, 15) is 9.59 Å². The first kappa shape index (κ1) is 26.6. The molecule has 196 valence electrons. The van der Waals surface area contributed by atoms with Gasteiger partial charge in [0.25, 0.3) is 0 Å². The largest absolute Gasteiger partial charge is 0.456 e. The zero-order chi connectivity index (χ0) is 25.5. The Bertz CT molecular complexity index is 1010. The minimum Gasteiger partial charge on any atom is -0.456 e. The van der Waals surface area contributed by atoms with E-state index < -0.39 is 6.04 Å². The molecule has 1 aliphatic carbocycles. The summed E-state index contributed by atoms with van der Waals surface area (Å²) in [6.45, 7) is 4.91. The highest BCUT2D eigenvalue weighted by Crippen LogP contribution is 2.40. The van der Waals surface area contributed by atoms with Gasteiger partial charge in [-0.15, -0.1) is 0 Å². The summed E-state index contributed by atoms with van der Waals surface area (Å²) in [6.07, 6.45) is 8.44. The molecule has 2 fully saturated rings. The molecule has 1 aromatic heterocycles. The predicted octanol–water partition coefficient (Wildman–Crippen LogP) is 4.67. The van der Waals surface area contributed by atoms with Crippen molar-refractivity contribution in [3.63, 3.8) is 0 Å². The lowest BCUT2D eigenvalue weighted by Crippen LogP contribution is -2.42. The third kappa shape index (κ3) is 6.07. The number of ketones is 1. The molecule has 2 heterocycles. The second-order valence-electron chi connectivity index (χ2n) is 10.3. The van der Waals surface area contributed by atoms with Gasteiger partial charge in [0.05, 0.1) is 12.6 Å². The van der Waals surface area contributed by atoms with Crippen molar-refractivity contribution >= 4 is 11.8 Å². The summed E-state index contributed by atoms with van der Waals surface area (Å²) in [7, 11) is 1.66. The fourth-order valence-electron chi connectivity index (χ4n) is 6.08. The Kier molecular flexibility index (Phi) is 9.35. The van der Waals surface area contributed by atoms with Gasteiger partial charge in [-0.2, -0.15) is 0 Å². The maximum atomic E-state index is 13.4. The molecule has 2 N–H and O–H groups in total. The summed E-state index contributed by atoms with van der Waals surface area (Å²) in [5.41, 5.74) is 10.3. The molecular formula is C29H41N3O4. The number of Topliss-reactive ketones (excluding diaryl/α,β-unsaturated/α-hetero) is 1. The Balaban J connectivity index is 1.46. The number of rotatable bonds is 9. The minimum atomic E-state index is -0.485. The Labute approximate surface area is 214 Å². The normalized spacial score (nSPS) is 23.2. The third-order valence-electron chi connectivity index (χ3n) is 8.01. The number of nitrogens with zero attached hydrogens (tertiary/aromatic N) is 1. The molecule has 0 radical (unpaired) electrons. The maximum Gasteiger partial charge on any atom is 0.325 e. The first-order valence-electron chi connectivity index (χ1n) is 13.4. The van der Waals surface area contributed by atoms with E-state index in [0.717, 1.165) is 24.2 Å². The van der Waals surface area contributed by atoms with Crippen LogP contribution in [0.4, 0.5) is 0 Å². The Morgan fingerprint density at radius 2 is 1.69 bits per heavy atom. The number of carbonyl (C=O) groups is 2. The standard InChI is InChI=1S/C29H41N3O4/c1-20-18-24(21(2)32(20)16-17-35-3)25(33)19-36-29(34)28-26(22-12-8-5-4-6-9-13-22)27(30-31-28)23-14-10-7-11-15-23/h7,10-11,14-15,18,22,26-28,30-31H,4-6,8-9,12-13,16-17,19H2,1-3H3. The monoisotopic (exact) mass is 495 g/mol. The number of ether oxygens (including phenoxy) is 2. The fraction of sp³-hybridized carbons (Fsp3) is 0.586. The highest BCUT2D eigenvalue weighted by Gasteiger charge is 2.45. The SMILES string of the molecule is COCCn1c(C)cc(C(=O)COC(=O)C2NNC(c3ccccc3)C2C2CCCCCCC2)c1C. The molecule has 0 bridgehead atoms. The Morgan fingerprint density at radius 3 is 2.39 bits per heavy atom. The number of aromatic nitrogens is 1. The quantitative estimate of drug-likeness (QED) is 0.389. The van der Waals surface area contributed by atoms with Gasteiger partial charge in [-0.05, 0) is 31.4 Å². The van der Waals surface area contributed by atoms with Gasteiger partial charge in [0.1, 0.15) is 6.04 Å². The van der Waals surface area contributed by atoms with Crippen molar-refractivity contribution < 1.29 is 19.1 Å². The number of aryl methyl sites for hydroxylation is 1. The average molecular weight is 496 g/mol. The van der Waals surface area contributed by atoms with Crippen LogP contribution in [0.25, 0.3) is 0 Å². The molecule has 2 aromatic rings. The molecule has 1 aromatic carbocycles. The van der Waals surface area contributed by atoms with E-state index in [1.165, 1.54) is 37.7 Å². The number of carbonyl (C=O) groups excluding carboxylic acids is 2. The van der Waals surface area contributed by atoms with E-state index in [1.54, 1.807) is 7.11 Å². The van der Waals surface area contributed by atoms with Crippen LogP contribution in [0.1, 0.15) is 78.3 Å². The van der Waals surface area contributed by atoms with Crippen LogP contribution in [-0.2, 0) is 20.8 Å². The molecule has 7 heteroatoms. The smallest absolute Gasteiger partial charge is 0.325 e. The molecule has 0 spiro atoms. The molecular weight excluding hydrogens is 454 g/mol. The van der Waals surface area contributed by atoms with Crippen molar-refractivity contribution in [1.82, 2.24) is 15.4 Å². The summed E-state index contributed by atoms with van der Waals surface area (Å²) in [6, 6.07) is 11.8. The van der Waals surface area contributed by atoms with E-state index in [2.05, 4.69) is 27.6 Å². The van der Waals surface area contributed by atoms with Crippen LogP contribution in [0, 0.1) is 25.7 Å². The van der Waals surface area contributed by atoms with E-state index >= 15 is 0 Å². The van der Waals surface area contributed by atoms with Crippen molar-refractivity contribution in [2.45, 2.75) is 77.4 Å². The third-order valence-corrected chi connectivity index (χ3v) is 8.01. The molecule has 7 nitrogen and oxygen atoms in total. The van der Waals surface area contributed by atoms with Gasteiger partial charge in [0.2, 0.25) is 5.78 Å². The number of benzene rings is 1. The van der Waals surface area contributed by atoms with Crippen LogP contribution in [0.5, 0.6) is 0 Å². The summed E-state index contributed by atoms with van der Waals surface area (Å²) < 4.78 is 12.9. The van der Waals surface area contributed by atoms with Gasteiger partial charge in [-0.25, -0.2) is 10.9 Å². The van der Waals surface area contributed by atoms with Gasteiger partial charge >= 0.3 is 5.97 Å². The zero-order valence-electron chi connectivity index (χ0n) is 21.9. The van der Waals surface area contributed by atoms with Crippen LogP contribution in [0.2, 0.25) is 0 Å². The van der Waals surface area contributed by atoms with Gasteiger partial charge in [-0.3, -0.25) is 9.59 Å². The van der Waals surface area contributed by atoms with Crippen LogP contribution in [0.15, 0.2) is 36.4 Å². The van der Waals surface area contributed by atoms with Crippen molar-refractivity contribution in [2.24, 2.45) is 11.8 Å². The second-order valence-corrected chi connectivity index (χ2v) is 10.3. The van der Waals surface area contributed by atoms with Crippen LogP contribution < -0.4 is 10.9 Å². The van der Waals surface area contributed by atoms with E-state index in [-0.39, 0.29) is 30.3 Å². The molecule has 0 amide bonds. The van der Waals surface area contributed by atoms with Gasteiger partial charge in [0, 0.05) is 36.5 Å². The van der Waals surface area contributed by atoms with Crippen LogP contribution in [0.3, 0.4) is 0 Å². The highest BCUT2D eigenvalue weighted by atomic mass is 16.5. The lowest BCUT2D eigenvalue weighted by Gasteiger charge is -2.32. The molecule has 3 atom stereocenters. The molecule has 3 unspecified atom stereocenters. The van der Waals surface area contributed by atoms with Gasteiger partial charge in [-0.1, -0.05) is 75.3 Å². The first-order chi connectivity index (χ1) is 17.5. The van der Waals surface area contributed by atoms with E-state index in [1.807, 2.05) is 38.1 Å². The molecule has 1 saturated carbocycles. The topological polar surface area (TPSA) is 81.6 Å². The summed E-state index contributed by atoms with van der Waals surface area (Å²) in [4.78, 5) is 26.4. The zero-order valence-corrected chi connectivity index (χ0v) is 21.9. The molecule has 1 aliphatic heterocycles. The molecule has 1 saturated heterocycles. The van der Waals surface area contributed by atoms with E-state index in [4.69, 9.17) is 9.47 Å². The Hall–Kier alpha value is -2.48. The second kappa shape index (κ2) is 12.7. The van der Waals surface area contributed by atoms with Gasteiger partial charge in [0.15, 0.2) is 6.61 Å². The Morgan fingerprint density at radius 1 is 1.00 bits per heavy atom. The highest BCUT2D eigenvalue weighted by molar-refractivity contribution is 5.99. The number of esters is 1. The number of hydrogen-bond acceptors (Lipinski definition) is 6. The van der Waals surface area contributed by atoms with Gasteiger partial charge < -0.3 is 14.0 Å². The summed E-state index contributed by atoms with van der Waals surface area (Å²) in [5, 5.41) is 0. The van der Waals surface area contributed by atoms with Crippen molar-refractivity contribution in [3.05, 3.63) is 58.9 Å². The lowest BCUT2D eigenvalue weighted by atomic mass is 9.74. The van der Waals surface area contributed by atoms with Crippen molar-refractivity contribution in [3.8, 4) is 0 Å². The summed E-state index contributed by atoms with van der Waals surface area (Å²) >= 11 is 0. The van der Waals surface area contributed by atoms with Crippen LogP contribution >= 0.6 is 0 Å². The molecule has 4 rings (SSSR count). The summed E-state index contributed by atoms with van der Waals surface area (Å²) in [5.74, 6) is -0.0269. The first-order valence-corrected chi connectivity index (χ1v) is 13.4. The van der Waals surface area contributed by atoms with Crippen molar-refractivity contribution in [1.29, 1.82) is 0 Å². The average Bonchev–Trinajstić information content (AvgIpc) is 3.42. The number of hydrogen-bond donors (Lipinski definition) is 2. The number of nitrogens with one attached hydrogen (secondary N) is 2. The van der Waals surface area contributed by atoms with E-state index in [0.29, 0.717) is 24.6 Å². The number of hydrazine groups is 1. The van der Waals surface area contributed by atoms with Crippen LogP contribution in [-0.4, -0.2) is 42.7 Å². The van der Waals surface area contributed by atoms with Crippen molar-refractivity contribution in [2.75, 3.05) is 20.3 Å². The minimum absolute atomic E-state index is 0.0311. The predicted molar refractivity (Wildman–Crippen MR) is 140 cm³/mol. The molecule has 2 aliphatic rings. The maximum absolute atomic E-state index is 13.4. The number of methoxy groups -OCH3 is 1. The lowest BCUT2D eigenvalue weighted by molar-refractivity contribution is -0.146. The molecule has 36 heavy (non-hydrogen) atoms. The fourth-order valence-corrected chi connectivity index (χ4v) is 6.08.